The summed E-state index contributed by atoms with van der Waals surface area (Å²) < 4.78 is 41.7. The van der Waals surface area contributed by atoms with E-state index in [-0.39, 0.29) is 12.2 Å². The molecule has 27 heavy (non-hydrogen) atoms. The smallest absolute Gasteiger partial charge is 0.246 e. The lowest BCUT2D eigenvalue weighted by molar-refractivity contribution is -0.153. The number of para-hydroxylation sites is 1. The van der Waals surface area contributed by atoms with Gasteiger partial charge in [0.2, 0.25) is 0 Å². The number of hydrazine groups is 1. The Morgan fingerprint density at radius 3 is 2.63 bits per heavy atom. The number of aromatic nitrogens is 6. The predicted octanol–water partition coefficient (Wildman–Crippen LogP) is 1.93. The lowest BCUT2D eigenvalue weighted by Gasteiger charge is -2.12. The number of fused-ring (bicyclic) bond motifs is 3. The minimum atomic E-state index is -4.33. The van der Waals surface area contributed by atoms with E-state index in [9.17, 15) is 13.2 Å². The molecule has 0 amide bonds. The quantitative estimate of drug-likeness (QED) is 0.558. The largest absolute Gasteiger partial charge is 0.405 e. The Kier molecular flexibility index (Phi) is 3.42. The molecule has 0 bridgehead atoms. The summed E-state index contributed by atoms with van der Waals surface area (Å²) in [5.41, 5.74) is 6.81. The molecule has 2 atom stereocenters. The zero-order chi connectivity index (χ0) is 18.6. The van der Waals surface area contributed by atoms with Crippen molar-refractivity contribution >= 4 is 16.7 Å². The highest BCUT2D eigenvalue weighted by atomic mass is 19.4. The van der Waals surface area contributed by atoms with Crippen LogP contribution in [0.1, 0.15) is 18.3 Å². The normalized spacial score (nSPS) is 20.7. The average Bonchev–Trinajstić information content (AvgIpc) is 3.37. The second kappa shape index (κ2) is 5.72. The minimum absolute atomic E-state index is 0.180. The van der Waals surface area contributed by atoms with Crippen LogP contribution in [-0.4, -0.2) is 41.6 Å². The Morgan fingerprint density at radius 2 is 1.89 bits per heavy atom. The van der Waals surface area contributed by atoms with E-state index in [1.807, 2.05) is 30.3 Å². The molecule has 8 nitrogen and oxygen atoms in total. The van der Waals surface area contributed by atoms with Gasteiger partial charge in [0, 0.05) is 0 Å². The Hall–Kier alpha value is -3.05. The maximum Gasteiger partial charge on any atom is 0.405 e. The van der Waals surface area contributed by atoms with Crippen LogP contribution in [0.25, 0.3) is 22.4 Å². The fourth-order valence-corrected chi connectivity index (χ4v) is 3.18. The number of hydrogen-bond donors (Lipinski definition) is 2. The van der Waals surface area contributed by atoms with Gasteiger partial charge in [0.05, 0.1) is 23.3 Å². The molecule has 11 heteroatoms. The van der Waals surface area contributed by atoms with Gasteiger partial charge in [-0.05, 0) is 18.6 Å². The predicted molar refractivity (Wildman–Crippen MR) is 88.9 cm³/mol. The van der Waals surface area contributed by atoms with Crippen LogP contribution in [0.4, 0.5) is 13.2 Å². The summed E-state index contributed by atoms with van der Waals surface area (Å²) in [6.07, 6.45) is -1.40. The molecule has 0 radical (unpaired) electrons. The molecule has 138 valence electrons. The average molecular weight is 374 g/mol. The van der Waals surface area contributed by atoms with E-state index in [2.05, 4.69) is 31.0 Å². The first-order valence-corrected chi connectivity index (χ1v) is 8.23. The monoisotopic (exact) mass is 374 g/mol. The first kappa shape index (κ1) is 16.1. The van der Waals surface area contributed by atoms with Crippen molar-refractivity contribution in [3.05, 3.63) is 48.7 Å². The third kappa shape index (κ3) is 2.62. The van der Waals surface area contributed by atoms with Crippen LogP contribution in [-0.2, 0) is 0 Å². The van der Waals surface area contributed by atoms with Crippen LogP contribution in [0.15, 0.2) is 42.9 Å². The molecule has 1 fully saturated rings. The summed E-state index contributed by atoms with van der Waals surface area (Å²) in [6, 6.07) is 7.22. The second-order valence-corrected chi connectivity index (χ2v) is 6.28. The van der Waals surface area contributed by atoms with Gasteiger partial charge in [-0.2, -0.15) is 18.3 Å². The lowest BCUT2D eigenvalue weighted by atomic mass is 10.1. The Bertz CT molecular complexity index is 1120. The van der Waals surface area contributed by atoms with Crippen LogP contribution >= 0.6 is 0 Å². The number of nitrogens with zero attached hydrogens (tertiary/aromatic N) is 6. The number of halogens is 3. The fraction of sp³-hybridized carbons (Fsp3) is 0.250. The van der Waals surface area contributed by atoms with Crippen molar-refractivity contribution in [2.45, 2.75) is 24.7 Å². The van der Waals surface area contributed by atoms with Crippen LogP contribution in [0.2, 0.25) is 0 Å². The molecule has 1 aliphatic rings. The summed E-state index contributed by atoms with van der Waals surface area (Å²) in [5, 5.41) is 9.31. The van der Waals surface area contributed by atoms with Gasteiger partial charge < -0.3 is 0 Å². The zero-order valence-electron chi connectivity index (χ0n) is 13.7. The maximum atomic E-state index is 12.9. The van der Waals surface area contributed by atoms with Crippen molar-refractivity contribution in [3.63, 3.8) is 0 Å². The van der Waals surface area contributed by atoms with Crippen LogP contribution in [0.3, 0.4) is 0 Å². The highest BCUT2D eigenvalue weighted by molar-refractivity contribution is 5.89. The van der Waals surface area contributed by atoms with E-state index in [1.165, 1.54) is 10.8 Å². The van der Waals surface area contributed by atoms with Crippen molar-refractivity contribution in [3.8, 4) is 5.69 Å². The van der Waals surface area contributed by atoms with E-state index in [1.54, 1.807) is 10.9 Å². The first-order chi connectivity index (χ1) is 13.0. The topological polar surface area (TPSA) is 85.0 Å². The molecule has 1 aromatic carbocycles. The summed E-state index contributed by atoms with van der Waals surface area (Å²) in [6.45, 7) is 0. The molecule has 1 saturated heterocycles. The SMILES string of the molecule is FC(F)(F)C1CC(c2nc3c4cnn(-c5ccccc5)c4ncn3n2)NN1. The van der Waals surface area contributed by atoms with Crippen LogP contribution < -0.4 is 10.9 Å². The summed E-state index contributed by atoms with van der Waals surface area (Å²) in [7, 11) is 0. The van der Waals surface area contributed by atoms with Crippen molar-refractivity contribution in [2.24, 2.45) is 0 Å². The minimum Gasteiger partial charge on any atom is -0.246 e. The van der Waals surface area contributed by atoms with Crippen LogP contribution in [0, 0.1) is 0 Å². The molecular formula is C16H13F3N8. The molecule has 0 aliphatic carbocycles. The first-order valence-electron chi connectivity index (χ1n) is 8.23. The Labute approximate surface area is 150 Å². The molecule has 2 unspecified atom stereocenters. The number of hydrogen-bond acceptors (Lipinski definition) is 6. The third-order valence-electron chi connectivity index (χ3n) is 4.53. The number of nitrogens with one attached hydrogen (secondary N) is 2. The van der Waals surface area contributed by atoms with Gasteiger partial charge in [-0.15, -0.1) is 5.10 Å². The molecule has 4 heterocycles. The van der Waals surface area contributed by atoms with Gasteiger partial charge in [-0.3, -0.25) is 0 Å². The summed E-state index contributed by atoms with van der Waals surface area (Å²) >= 11 is 0. The molecule has 1 aliphatic heterocycles. The van der Waals surface area contributed by atoms with E-state index in [4.69, 9.17) is 0 Å². The maximum absolute atomic E-state index is 12.9. The standard InChI is InChI=1S/C16H13F3N8/c17-16(18,19)12-6-11(23-24-12)13-22-15-10-7-21-27(9-4-2-1-3-5-9)14(10)20-8-26(15)25-13/h1-5,7-8,11-12,23-24H,6H2. The van der Waals surface area contributed by atoms with Crippen LogP contribution in [0.5, 0.6) is 0 Å². The van der Waals surface area contributed by atoms with Crippen molar-refractivity contribution in [1.29, 1.82) is 0 Å². The molecule has 3 aromatic heterocycles. The highest BCUT2D eigenvalue weighted by Crippen LogP contribution is 2.31. The fourth-order valence-electron chi connectivity index (χ4n) is 3.18. The van der Waals surface area contributed by atoms with E-state index < -0.39 is 18.3 Å². The second-order valence-electron chi connectivity index (χ2n) is 6.28. The van der Waals surface area contributed by atoms with Gasteiger partial charge in [0.1, 0.15) is 12.4 Å². The molecule has 0 saturated carbocycles. The summed E-state index contributed by atoms with van der Waals surface area (Å²) in [5.74, 6) is 0.274. The van der Waals surface area contributed by atoms with E-state index in [0.717, 1.165) is 5.69 Å². The Morgan fingerprint density at radius 1 is 1.07 bits per heavy atom. The highest BCUT2D eigenvalue weighted by Gasteiger charge is 2.45. The third-order valence-corrected chi connectivity index (χ3v) is 4.53. The molecule has 5 rings (SSSR count). The van der Waals surface area contributed by atoms with Crippen molar-refractivity contribution in [1.82, 2.24) is 40.2 Å². The van der Waals surface area contributed by atoms with E-state index >= 15 is 0 Å². The summed E-state index contributed by atoms with van der Waals surface area (Å²) in [4.78, 5) is 8.82. The Balaban J connectivity index is 1.55. The number of benzene rings is 1. The van der Waals surface area contributed by atoms with E-state index in [0.29, 0.717) is 16.7 Å². The van der Waals surface area contributed by atoms with Gasteiger partial charge in [-0.25, -0.2) is 30.0 Å². The van der Waals surface area contributed by atoms with Crippen molar-refractivity contribution < 1.29 is 13.2 Å². The number of alkyl halides is 3. The van der Waals surface area contributed by atoms with Gasteiger partial charge in [0.15, 0.2) is 17.1 Å². The number of rotatable bonds is 2. The van der Waals surface area contributed by atoms with Gasteiger partial charge in [-0.1, -0.05) is 18.2 Å². The molecular weight excluding hydrogens is 361 g/mol. The molecule has 0 spiro atoms. The zero-order valence-corrected chi connectivity index (χ0v) is 13.7. The van der Waals surface area contributed by atoms with Gasteiger partial charge >= 0.3 is 6.18 Å². The van der Waals surface area contributed by atoms with Crippen molar-refractivity contribution in [2.75, 3.05) is 0 Å². The molecule has 2 N–H and O–H groups in total. The van der Waals surface area contributed by atoms with Gasteiger partial charge in [0.25, 0.3) is 0 Å². The lowest BCUT2D eigenvalue weighted by Crippen LogP contribution is -2.41. The molecule has 4 aromatic rings.